The van der Waals surface area contributed by atoms with Gasteiger partial charge in [-0.3, -0.25) is 4.72 Å². The first-order chi connectivity index (χ1) is 10.8. The molecule has 6 heteroatoms. The standard InChI is InChI=1S/C17H19N3O2S/c1-10-7-11(2)17(12(3)8-10)20-23(21,22)14-5-6-15-16(9-14)19-13(4)18-15/h5-9,20H,1-4H3,(H,18,19). The molecule has 0 amide bonds. The minimum absolute atomic E-state index is 0.216. The highest BCUT2D eigenvalue weighted by Gasteiger charge is 2.18. The van der Waals surface area contributed by atoms with Gasteiger partial charge in [0.1, 0.15) is 5.82 Å². The van der Waals surface area contributed by atoms with Crippen LogP contribution in [0.2, 0.25) is 0 Å². The number of fused-ring (bicyclic) bond motifs is 1. The quantitative estimate of drug-likeness (QED) is 0.771. The molecule has 0 saturated carbocycles. The molecule has 0 aliphatic carbocycles. The monoisotopic (exact) mass is 329 g/mol. The molecule has 1 heterocycles. The zero-order chi connectivity index (χ0) is 16.8. The number of aromatic nitrogens is 2. The van der Waals surface area contributed by atoms with Crippen LogP contribution in [0.25, 0.3) is 11.0 Å². The van der Waals surface area contributed by atoms with Gasteiger partial charge in [0.25, 0.3) is 10.0 Å². The fourth-order valence-electron chi connectivity index (χ4n) is 2.82. The average molecular weight is 329 g/mol. The maximum absolute atomic E-state index is 12.7. The summed E-state index contributed by atoms with van der Waals surface area (Å²) in [5.41, 5.74) is 5.02. The van der Waals surface area contributed by atoms with E-state index in [0.29, 0.717) is 11.2 Å². The van der Waals surface area contributed by atoms with Crippen LogP contribution in [0.4, 0.5) is 5.69 Å². The number of aromatic amines is 1. The van der Waals surface area contributed by atoms with E-state index < -0.39 is 10.0 Å². The van der Waals surface area contributed by atoms with Gasteiger partial charge in [-0.1, -0.05) is 17.7 Å². The number of nitrogens with zero attached hydrogens (tertiary/aromatic N) is 1. The molecule has 0 fully saturated rings. The first-order valence-corrected chi connectivity index (χ1v) is 8.81. The van der Waals surface area contributed by atoms with Crippen LogP contribution in [0, 0.1) is 27.7 Å². The molecule has 0 bridgehead atoms. The summed E-state index contributed by atoms with van der Waals surface area (Å²) >= 11 is 0. The van der Waals surface area contributed by atoms with Crippen molar-refractivity contribution in [2.45, 2.75) is 32.6 Å². The zero-order valence-electron chi connectivity index (χ0n) is 13.6. The highest BCUT2D eigenvalue weighted by Crippen LogP contribution is 2.26. The second kappa shape index (κ2) is 5.38. The van der Waals surface area contributed by atoms with Gasteiger partial charge in [0.15, 0.2) is 0 Å². The smallest absolute Gasteiger partial charge is 0.261 e. The molecular weight excluding hydrogens is 310 g/mol. The summed E-state index contributed by atoms with van der Waals surface area (Å²) in [6, 6.07) is 8.82. The van der Waals surface area contributed by atoms with Crippen molar-refractivity contribution in [1.29, 1.82) is 0 Å². The number of benzene rings is 2. The third-order valence-electron chi connectivity index (χ3n) is 3.80. The van der Waals surface area contributed by atoms with Crippen LogP contribution < -0.4 is 4.72 Å². The summed E-state index contributed by atoms with van der Waals surface area (Å²) < 4.78 is 28.1. The van der Waals surface area contributed by atoms with Crippen molar-refractivity contribution in [2.24, 2.45) is 0 Å². The molecule has 3 rings (SSSR count). The van der Waals surface area contributed by atoms with E-state index in [1.807, 2.05) is 39.8 Å². The molecule has 0 unspecified atom stereocenters. The van der Waals surface area contributed by atoms with Gasteiger partial charge in [0, 0.05) is 0 Å². The van der Waals surface area contributed by atoms with Gasteiger partial charge in [0.2, 0.25) is 0 Å². The molecule has 5 nitrogen and oxygen atoms in total. The molecule has 0 radical (unpaired) electrons. The van der Waals surface area contributed by atoms with Crippen molar-refractivity contribution in [2.75, 3.05) is 4.72 Å². The number of aryl methyl sites for hydroxylation is 4. The summed E-state index contributed by atoms with van der Waals surface area (Å²) in [5.74, 6) is 0.757. The molecule has 120 valence electrons. The van der Waals surface area contributed by atoms with Crippen molar-refractivity contribution in [1.82, 2.24) is 9.97 Å². The zero-order valence-corrected chi connectivity index (χ0v) is 14.4. The van der Waals surface area contributed by atoms with E-state index in [1.54, 1.807) is 18.2 Å². The predicted octanol–water partition coefficient (Wildman–Crippen LogP) is 3.60. The number of H-pyrrole nitrogens is 1. The topological polar surface area (TPSA) is 74.8 Å². The normalized spacial score (nSPS) is 11.8. The first kappa shape index (κ1) is 15.6. The Kier molecular flexibility index (Phi) is 3.64. The number of nitrogens with one attached hydrogen (secondary N) is 2. The Morgan fingerprint density at radius 1 is 1.00 bits per heavy atom. The Labute approximate surface area is 135 Å². The van der Waals surface area contributed by atoms with E-state index in [9.17, 15) is 8.42 Å². The summed E-state index contributed by atoms with van der Waals surface area (Å²) in [6.07, 6.45) is 0. The number of hydrogen-bond donors (Lipinski definition) is 2. The molecule has 0 aliphatic heterocycles. The molecule has 0 spiro atoms. The highest BCUT2D eigenvalue weighted by atomic mass is 32.2. The minimum atomic E-state index is -3.65. The number of anilines is 1. The Balaban J connectivity index is 2.03. The Bertz CT molecular complexity index is 981. The summed E-state index contributed by atoms with van der Waals surface area (Å²) in [4.78, 5) is 7.56. The van der Waals surface area contributed by atoms with Crippen molar-refractivity contribution < 1.29 is 8.42 Å². The van der Waals surface area contributed by atoms with Crippen molar-refractivity contribution in [3.05, 3.63) is 52.8 Å². The number of hydrogen-bond acceptors (Lipinski definition) is 3. The number of imidazole rings is 1. The molecule has 23 heavy (non-hydrogen) atoms. The fourth-order valence-corrected chi connectivity index (χ4v) is 4.05. The third kappa shape index (κ3) is 2.94. The lowest BCUT2D eigenvalue weighted by atomic mass is 10.1. The van der Waals surface area contributed by atoms with Crippen LogP contribution in [0.3, 0.4) is 0 Å². The van der Waals surface area contributed by atoms with Gasteiger partial charge in [-0.15, -0.1) is 0 Å². The Morgan fingerprint density at radius 3 is 2.30 bits per heavy atom. The molecule has 2 N–H and O–H groups in total. The predicted molar refractivity (Wildman–Crippen MR) is 92.3 cm³/mol. The molecule has 2 aromatic carbocycles. The number of sulfonamides is 1. The third-order valence-corrected chi connectivity index (χ3v) is 5.14. The fraction of sp³-hybridized carbons (Fsp3) is 0.235. The van der Waals surface area contributed by atoms with Gasteiger partial charge < -0.3 is 4.98 Å². The molecular formula is C17H19N3O2S. The van der Waals surface area contributed by atoms with Crippen LogP contribution in [0.5, 0.6) is 0 Å². The molecule has 0 atom stereocenters. The van der Waals surface area contributed by atoms with Crippen molar-refractivity contribution >= 4 is 26.7 Å². The molecule has 3 aromatic rings. The highest BCUT2D eigenvalue weighted by molar-refractivity contribution is 7.92. The van der Waals surface area contributed by atoms with Crippen LogP contribution >= 0.6 is 0 Å². The van der Waals surface area contributed by atoms with Crippen LogP contribution in [-0.2, 0) is 10.0 Å². The van der Waals surface area contributed by atoms with Crippen LogP contribution in [0.1, 0.15) is 22.5 Å². The lowest BCUT2D eigenvalue weighted by Gasteiger charge is -2.14. The first-order valence-electron chi connectivity index (χ1n) is 7.33. The molecule has 0 saturated heterocycles. The van der Waals surface area contributed by atoms with E-state index in [2.05, 4.69) is 14.7 Å². The van der Waals surface area contributed by atoms with E-state index in [0.717, 1.165) is 28.0 Å². The second-order valence-corrected chi connectivity index (χ2v) is 7.56. The second-order valence-electron chi connectivity index (χ2n) is 5.88. The van der Waals surface area contributed by atoms with E-state index >= 15 is 0 Å². The van der Waals surface area contributed by atoms with Crippen molar-refractivity contribution in [3.63, 3.8) is 0 Å². The maximum Gasteiger partial charge on any atom is 0.261 e. The SMILES string of the molecule is Cc1cc(C)c(NS(=O)(=O)c2ccc3nc(C)[nH]c3c2)c(C)c1. The van der Waals surface area contributed by atoms with E-state index in [1.165, 1.54) is 0 Å². The van der Waals surface area contributed by atoms with Gasteiger partial charge >= 0.3 is 0 Å². The summed E-state index contributed by atoms with van der Waals surface area (Å²) in [7, 11) is -3.65. The lowest BCUT2D eigenvalue weighted by Crippen LogP contribution is -2.14. The van der Waals surface area contributed by atoms with Crippen molar-refractivity contribution in [3.8, 4) is 0 Å². The molecule has 0 aliphatic rings. The van der Waals surface area contributed by atoms with Crippen LogP contribution in [-0.4, -0.2) is 18.4 Å². The Morgan fingerprint density at radius 2 is 1.65 bits per heavy atom. The van der Waals surface area contributed by atoms with Gasteiger partial charge in [0.05, 0.1) is 21.6 Å². The van der Waals surface area contributed by atoms with E-state index in [4.69, 9.17) is 0 Å². The van der Waals surface area contributed by atoms with Gasteiger partial charge in [-0.25, -0.2) is 13.4 Å². The van der Waals surface area contributed by atoms with Gasteiger partial charge in [-0.05, 0) is 57.0 Å². The largest absolute Gasteiger partial charge is 0.342 e. The van der Waals surface area contributed by atoms with E-state index in [-0.39, 0.29) is 4.90 Å². The van der Waals surface area contributed by atoms with Gasteiger partial charge in [-0.2, -0.15) is 0 Å². The molecule has 1 aromatic heterocycles. The maximum atomic E-state index is 12.7. The number of rotatable bonds is 3. The summed E-state index contributed by atoms with van der Waals surface area (Å²) in [5, 5.41) is 0. The van der Waals surface area contributed by atoms with Crippen LogP contribution in [0.15, 0.2) is 35.2 Å². The lowest BCUT2D eigenvalue weighted by molar-refractivity contribution is 0.601. The Hall–Kier alpha value is -2.34. The minimum Gasteiger partial charge on any atom is -0.342 e. The average Bonchev–Trinajstić information content (AvgIpc) is 2.82. The summed E-state index contributed by atoms with van der Waals surface area (Å²) in [6.45, 7) is 7.64.